The third-order valence-corrected chi connectivity index (χ3v) is 3.46. The number of rotatable bonds is 5. The number of likely N-dealkylation sites (N-methyl/N-ethyl adjacent to an activating group) is 1. The second-order valence-corrected chi connectivity index (χ2v) is 4.47. The highest BCUT2D eigenvalue weighted by molar-refractivity contribution is 6.01. The number of ketones is 1. The Morgan fingerprint density at radius 2 is 2.11 bits per heavy atom. The smallest absolute Gasteiger partial charge is 0.173 e. The molecule has 5 heteroatoms. The lowest BCUT2D eigenvalue weighted by Crippen LogP contribution is -2.37. The van der Waals surface area contributed by atoms with Crippen LogP contribution in [0.5, 0.6) is 11.5 Å². The van der Waals surface area contributed by atoms with Crippen LogP contribution < -0.4 is 14.8 Å². The Bertz CT molecular complexity index is 461. The van der Waals surface area contributed by atoms with Crippen LogP contribution in [0.15, 0.2) is 18.2 Å². The number of methoxy groups -OCH3 is 2. The van der Waals surface area contributed by atoms with Gasteiger partial charge in [0.25, 0.3) is 0 Å². The summed E-state index contributed by atoms with van der Waals surface area (Å²) in [7, 11) is 4.97. The van der Waals surface area contributed by atoms with E-state index in [2.05, 4.69) is 5.32 Å². The summed E-state index contributed by atoms with van der Waals surface area (Å²) in [6, 6.07) is 5.28. The number of nitrogens with one attached hydrogen (secondary N) is 1. The zero-order chi connectivity index (χ0) is 13.8. The van der Waals surface area contributed by atoms with Crippen molar-refractivity contribution in [3.8, 4) is 11.5 Å². The molecule has 0 bridgehead atoms. The molecule has 0 spiro atoms. The van der Waals surface area contributed by atoms with E-state index in [0.717, 1.165) is 0 Å². The van der Waals surface area contributed by atoms with Gasteiger partial charge in [0, 0.05) is 6.04 Å². The molecule has 1 aliphatic heterocycles. The number of Topliss-reactive ketones (excluding diaryl/α,β-unsaturated/α-hetero) is 1. The molecule has 0 saturated carbocycles. The molecule has 1 aliphatic rings. The number of carbonyl (C=O) groups excluding carboxylic acids is 1. The molecule has 0 radical (unpaired) electrons. The Labute approximate surface area is 112 Å². The number of ether oxygens (including phenoxy) is 3. The van der Waals surface area contributed by atoms with Gasteiger partial charge >= 0.3 is 0 Å². The summed E-state index contributed by atoms with van der Waals surface area (Å²) in [4.78, 5) is 12.6. The maximum absolute atomic E-state index is 12.6. The van der Waals surface area contributed by atoms with Gasteiger partial charge < -0.3 is 19.5 Å². The fourth-order valence-electron chi connectivity index (χ4n) is 2.30. The quantitative estimate of drug-likeness (QED) is 0.809. The Balaban J connectivity index is 2.31. The minimum Gasteiger partial charge on any atom is -0.497 e. The van der Waals surface area contributed by atoms with Crippen molar-refractivity contribution in [1.29, 1.82) is 0 Å². The molecule has 19 heavy (non-hydrogen) atoms. The third kappa shape index (κ3) is 2.72. The molecule has 0 aliphatic carbocycles. The Morgan fingerprint density at radius 3 is 2.74 bits per heavy atom. The lowest BCUT2D eigenvalue weighted by Gasteiger charge is -2.17. The Kier molecular flexibility index (Phi) is 4.39. The van der Waals surface area contributed by atoms with E-state index < -0.39 is 0 Å². The van der Waals surface area contributed by atoms with Crippen LogP contribution in [0.3, 0.4) is 0 Å². The van der Waals surface area contributed by atoms with Crippen molar-refractivity contribution in [3.63, 3.8) is 0 Å². The minimum atomic E-state index is -0.189. The van der Waals surface area contributed by atoms with Crippen molar-refractivity contribution >= 4 is 5.78 Å². The molecule has 1 aromatic rings. The maximum Gasteiger partial charge on any atom is 0.173 e. The maximum atomic E-state index is 12.6. The van der Waals surface area contributed by atoms with Crippen molar-refractivity contribution in [2.24, 2.45) is 5.92 Å². The first-order valence-corrected chi connectivity index (χ1v) is 6.22. The highest BCUT2D eigenvalue weighted by Gasteiger charge is 2.34. The molecule has 1 fully saturated rings. The summed E-state index contributed by atoms with van der Waals surface area (Å²) in [6.07, 6.45) is 0. The van der Waals surface area contributed by atoms with Crippen LogP contribution in [0.4, 0.5) is 0 Å². The van der Waals surface area contributed by atoms with Gasteiger partial charge in [0.2, 0.25) is 0 Å². The standard InChI is InChI=1S/C14H19NO4/c1-15-12-8-19-7-11(12)14(16)10-6-9(17-2)4-5-13(10)18-3/h4-6,11-12,15H,7-8H2,1-3H3. The van der Waals surface area contributed by atoms with Crippen LogP contribution >= 0.6 is 0 Å². The minimum absolute atomic E-state index is 0.0209. The second kappa shape index (κ2) is 6.04. The molecular weight excluding hydrogens is 246 g/mol. The van der Waals surface area contributed by atoms with E-state index in [0.29, 0.717) is 30.3 Å². The average Bonchev–Trinajstić information content (AvgIpc) is 2.94. The van der Waals surface area contributed by atoms with E-state index in [1.54, 1.807) is 32.4 Å². The predicted octanol–water partition coefficient (Wildman–Crippen LogP) is 1.12. The molecule has 1 heterocycles. The van der Waals surface area contributed by atoms with Crippen LogP contribution in [-0.4, -0.2) is 46.3 Å². The van der Waals surface area contributed by atoms with Gasteiger partial charge in [-0.1, -0.05) is 0 Å². The van der Waals surface area contributed by atoms with Crippen molar-refractivity contribution in [1.82, 2.24) is 5.32 Å². The molecule has 104 valence electrons. The van der Waals surface area contributed by atoms with Crippen molar-refractivity contribution in [2.75, 3.05) is 34.5 Å². The molecule has 1 aromatic carbocycles. The fraction of sp³-hybridized carbons (Fsp3) is 0.500. The fourth-order valence-corrected chi connectivity index (χ4v) is 2.30. The van der Waals surface area contributed by atoms with E-state index in [1.165, 1.54) is 0 Å². The number of carbonyl (C=O) groups is 1. The van der Waals surface area contributed by atoms with E-state index in [9.17, 15) is 4.79 Å². The number of hydrogen-bond donors (Lipinski definition) is 1. The van der Waals surface area contributed by atoms with Crippen LogP contribution in [0.25, 0.3) is 0 Å². The first-order chi connectivity index (χ1) is 9.21. The third-order valence-electron chi connectivity index (χ3n) is 3.46. The first-order valence-electron chi connectivity index (χ1n) is 6.22. The Morgan fingerprint density at radius 1 is 1.32 bits per heavy atom. The molecule has 1 N–H and O–H groups in total. The van der Waals surface area contributed by atoms with Crippen molar-refractivity contribution in [3.05, 3.63) is 23.8 Å². The SMILES string of the molecule is CNC1COCC1C(=O)c1cc(OC)ccc1OC. The van der Waals surface area contributed by atoms with Gasteiger partial charge in [0.15, 0.2) is 5.78 Å². The highest BCUT2D eigenvalue weighted by Crippen LogP contribution is 2.28. The second-order valence-electron chi connectivity index (χ2n) is 4.47. The summed E-state index contributed by atoms with van der Waals surface area (Å²) >= 11 is 0. The van der Waals surface area contributed by atoms with E-state index in [-0.39, 0.29) is 17.7 Å². The summed E-state index contributed by atoms with van der Waals surface area (Å²) in [6.45, 7) is 0.990. The summed E-state index contributed by atoms with van der Waals surface area (Å²) < 4.78 is 15.8. The Hall–Kier alpha value is -1.59. The van der Waals surface area contributed by atoms with Gasteiger partial charge in [-0.15, -0.1) is 0 Å². The van der Waals surface area contributed by atoms with Gasteiger partial charge in [0.1, 0.15) is 11.5 Å². The van der Waals surface area contributed by atoms with E-state index in [4.69, 9.17) is 14.2 Å². The monoisotopic (exact) mass is 265 g/mol. The molecule has 2 atom stereocenters. The lowest BCUT2D eigenvalue weighted by molar-refractivity contribution is 0.0889. The van der Waals surface area contributed by atoms with Gasteiger partial charge in [-0.2, -0.15) is 0 Å². The van der Waals surface area contributed by atoms with Crippen LogP contribution in [0.2, 0.25) is 0 Å². The summed E-state index contributed by atoms with van der Waals surface area (Å²) in [5.41, 5.74) is 0.539. The number of benzene rings is 1. The van der Waals surface area contributed by atoms with E-state index >= 15 is 0 Å². The lowest BCUT2D eigenvalue weighted by atomic mass is 9.93. The van der Waals surface area contributed by atoms with Gasteiger partial charge in [-0.05, 0) is 25.2 Å². The zero-order valence-corrected chi connectivity index (χ0v) is 11.4. The first kappa shape index (κ1) is 13.8. The van der Waals surface area contributed by atoms with Crippen molar-refractivity contribution < 1.29 is 19.0 Å². The molecule has 2 rings (SSSR count). The summed E-state index contributed by atoms with van der Waals surface area (Å²) in [5, 5.41) is 3.11. The van der Waals surface area contributed by atoms with Gasteiger partial charge in [-0.3, -0.25) is 4.79 Å². The molecule has 2 unspecified atom stereocenters. The molecule has 0 amide bonds. The van der Waals surface area contributed by atoms with Gasteiger partial charge in [-0.25, -0.2) is 0 Å². The highest BCUT2D eigenvalue weighted by atomic mass is 16.5. The van der Waals surface area contributed by atoms with Gasteiger partial charge in [0.05, 0.1) is 38.9 Å². The topological polar surface area (TPSA) is 56.8 Å². The van der Waals surface area contributed by atoms with Crippen LogP contribution in [0.1, 0.15) is 10.4 Å². The molecule has 0 aromatic heterocycles. The average molecular weight is 265 g/mol. The molecule has 1 saturated heterocycles. The van der Waals surface area contributed by atoms with Crippen LogP contribution in [-0.2, 0) is 4.74 Å². The normalized spacial score (nSPS) is 22.3. The zero-order valence-electron chi connectivity index (χ0n) is 11.4. The predicted molar refractivity (Wildman–Crippen MR) is 71.0 cm³/mol. The summed E-state index contributed by atoms with van der Waals surface area (Å²) in [5.74, 6) is 1.04. The van der Waals surface area contributed by atoms with E-state index in [1.807, 2.05) is 7.05 Å². The number of hydrogen-bond acceptors (Lipinski definition) is 5. The molecule has 5 nitrogen and oxygen atoms in total. The largest absolute Gasteiger partial charge is 0.497 e. The van der Waals surface area contributed by atoms with Crippen molar-refractivity contribution in [2.45, 2.75) is 6.04 Å². The molecular formula is C14H19NO4. The van der Waals surface area contributed by atoms with Crippen LogP contribution in [0, 0.1) is 5.92 Å².